The zero-order valence-corrected chi connectivity index (χ0v) is 8.90. The Morgan fingerprint density at radius 3 is 2.20 bits per heavy atom. The summed E-state index contributed by atoms with van der Waals surface area (Å²) in [4.78, 5) is 2.80. The maximum atomic E-state index is 11.8. The van der Waals surface area contributed by atoms with Crippen LogP contribution < -0.4 is 4.74 Å². The molecular formula is C10H14F3NO. The highest BCUT2D eigenvalue weighted by Gasteiger charge is 2.28. The van der Waals surface area contributed by atoms with E-state index in [2.05, 4.69) is 9.72 Å². The average Bonchev–Trinajstić information content (AvgIpc) is 2.45. The van der Waals surface area contributed by atoms with Crippen LogP contribution in [-0.4, -0.2) is 17.8 Å². The Hall–Kier alpha value is -1.13. The third kappa shape index (κ3) is 3.85. The summed E-state index contributed by atoms with van der Waals surface area (Å²) >= 11 is 0. The lowest BCUT2D eigenvalue weighted by Gasteiger charge is -2.16. The van der Waals surface area contributed by atoms with Crippen molar-refractivity contribution in [2.24, 2.45) is 0 Å². The molecule has 1 rings (SSSR count). The van der Waals surface area contributed by atoms with E-state index >= 15 is 0 Å². The molecule has 0 aliphatic carbocycles. The van der Waals surface area contributed by atoms with E-state index in [1.807, 2.05) is 20.8 Å². The van der Waals surface area contributed by atoms with E-state index in [1.54, 1.807) is 6.07 Å². The molecule has 86 valence electrons. The van der Waals surface area contributed by atoms with E-state index < -0.39 is 12.8 Å². The molecule has 5 heteroatoms. The number of hydrogen-bond donors (Lipinski definition) is 1. The number of aromatic nitrogens is 1. The van der Waals surface area contributed by atoms with Gasteiger partial charge < -0.3 is 9.72 Å². The number of H-pyrrole nitrogens is 1. The molecule has 0 radical (unpaired) electrons. The number of halogens is 3. The van der Waals surface area contributed by atoms with E-state index in [9.17, 15) is 13.2 Å². The molecule has 1 aromatic heterocycles. The average molecular weight is 221 g/mol. The summed E-state index contributed by atoms with van der Waals surface area (Å²) in [6, 6.07) is 3.23. The highest BCUT2D eigenvalue weighted by atomic mass is 19.4. The molecule has 15 heavy (non-hydrogen) atoms. The van der Waals surface area contributed by atoms with Crippen molar-refractivity contribution < 1.29 is 17.9 Å². The van der Waals surface area contributed by atoms with E-state index in [4.69, 9.17) is 0 Å². The van der Waals surface area contributed by atoms with E-state index in [-0.39, 0.29) is 11.3 Å². The number of rotatable bonds is 2. The van der Waals surface area contributed by atoms with Gasteiger partial charge in [0.05, 0.1) is 0 Å². The molecule has 1 aromatic rings. The third-order valence-electron chi connectivity index (χ3n) is 1.86. The van der Waals surface area contributed by atoms with Crippen LogP contribution in [-0.2, 0) is 5.41 Å². The van der Waals surface area contributed by atoms with Gasteiger partial charge in [0.15, 0.2) is 12.5 Å². The molecule has 0 saturated heterocycles. The summed E-state index contributed by atoms with van der Waals surface area (Å²) in [6.45, 7) is 4.63. The van der Waals surface area contributed by atoms with Crippen LogP contribution in [0, 0.1) is 0 Å². The van der Waals surface area contributed by atoms with Crippen LogP contribution in [0.1, 0.15) is 26.5 Å². The van der Waals surface area contributed by atoms with Crippen LogP contribution in [0.3, 0.4) is 0 Å². The summed E-state index contributed by atoms with van der Waals surface area (Å²) in [7, 11) is 0. The third-order valence-corrected chi connectivity index (χ3v) is 1.86. The Morgan fingerprint density at radius 1 is 1.20 bits per heavy atom. The van der Waals surface area contributed by atoms with E-state index in [0.29, 0.717) is 0 Å². The smallest absolute Gasteiger partial charge is 0.422 e. The van der Waals surface area contributed by atoms with Gasteiger partial charge in [-0.2, -0.15) is 13.2 Å². The Balaban J connectivity index is 2.62. The van der Waals surface area contributed by atoms with Gasteiger partial charge in [-0.05, 0) is 12.1 Å². The Labute approximate surface area is 86.4 Å². The maximum Gasteiger partial charge on any atom is 0.422 e. The highest BCUT2D eigenvalue weighted by Crippen LogP contribution is 2.24. The fraction of sp³-hybridized carbons (Fsp3) is 0.600. The van der Waals surface area contributed by atoms with Crippen LogP contribution in [0.4, 0.5) is 13.2 Å². The predicted octanol–water partition coefficient (Wildman–Crippen LogP) is 3.25. The maximum absolute atomic E-state index is 11.8. The van der Waals surface area contributed by atoms with Gasteiger partial charge in [-0.25, -0.2) is 0 Å². The molecule has 0 bridgehead atoms. The van der Waals surface area contributed by atoms with Crippen molar-refractivity contribution in [3.63, 3.8) is 0 Å². The second-order valence-corrected chi connectivity index (χ2v) is 4.39. The van der Waals surface area contributed by atoms with Gasteiger partial charge in [0.1, 0.15) is 0 Å². The molecule has 0 atom stereocenters. The van der Waals surface area contributed by atoms with Gasteiger partial charge in [0.25, 0.3) is 0 Å². The van der Waals surface area contributed by atoms with Crippen molar-refractivity contribution in [3.8, 4) is 5.88 Å². The molecular weight excluding hydrogens is 207 g/mol. The van der Waals surface area contributed by atoms with Gasteiger partial charge in [0.2, 0.25) is 0 Å². The van der Waals surface area contributed by atoms with Crippen molar-refractivity contribution >= 4 is 0 Å². The lowest BCUT2D eigenvalue weighted by Crippen LogP contribution is -2.19. The number of hydrogen-bond acceptors (Lipinski definition) is 1. The zero-order valence-electron chi connectivity index (χ0n) is 8.90. The molecule has 1 N–H and O–H groups in total. The number of aromatic amines is 1. The van der Waals surface area contributed by atoms with Gasteiger partial charge in [-0.3, -0.25) is 0 Å². The first-order valence-corrected chi connectivity index (χ1v) is 4.57. The van der Waals surface area contributed by atoms with Crippen LogP contribution in [0.2, 0.25) is 0 Å². The minimum Gasteiger partial charge on any atom is -0.469 e. The monoisotopic (exact) mass is 221 g/mol. The van der Waals surface area contributed by atoms with Gasteiger partial charge in [-0.1, -0.05) is 20.8 Å². The summed E-state index contributed by atoms with van der Waals surface area (Å²) in [5.41, 5.74) is 0.722. The summed E-state index contributed by atoms with van der Waals surface area (Å²) in [5, 5.41) is 0. The lowest BCUT2D eigenvalue weighted by molar-refractivity contribution is -0.154. The second kappa shape index (κ2) is 3.79. The van der Waals surface area contributed by atoms with Crippen molar-refractivity contribution in [1.82, 2.24) is 4.98 Å². The second-order valence-electron chi connectivity index (χ2n) is 4.39. The molecule has 0 spiro atoms. The minimum absolute atomic E-state index is 0.125. The molecule has 0 aromatic carbocycles. The first-order chi connectivity index (χ1) is 6.68. The van der Waals surface area contributed by atoms with E-state index in [1.165, 1.54) is 6.07 Å². The van der Waals surface area contributed by atoms with Crippen LogP contribution >= 0.6 is 0 Å². The Morgan fingerprint density at radius 2 is 1.80 bits per heavy atom. The molecule has 0 fully saturated rings. The summed E-state index contributed by atoms with van der Waals surface area (Å²) < 4.78 is 40.1. The molecule has 0 saturated carbocycles. The first-order valence-electron chi connectivity index (χ1n) is 4.57. The summed E-state index contributed by atoms with van der Waals surface area (Å²) in [6.07, 6.45) is -4.30. The topological polar surface area (TPSA) is 25.0 Å². The molecule has 1 heterocycles. The van der Waals surface area contributed by atoms with Crippen molar-refractivity contribution in [2.45, 2.75) is 32.4 Å². The highest BCUT2D eigenvalue weighted by molar-refractivity contribution is 5.23. The normalized spacial score (nSPS) is 12.9. The molecule has 0 aliphatic rings. The van der Waals surface area contributed by atoms with Gasteiger partial charge >= 0.3 is 6.18 Å². The number of ether oxygens (including phenoxy) is 1. The quantitative estimate of drug-likeness (QED) is 0.814. The zero-order chi connectivity index (χ0) is 11.7. The largest absolute Gasteiger partial charge is 0.469 e. The SMILES string of the molecule is CC(C)(C)c1ccc(OCC(F)(F)F)[nH]1. The fourth-order valence-electron chi connectivity index (χ4n) is 1.06. The summed E-state index contributed by atoms with van der Waals surface area (Å²) in [5.74, 6) is 0.150. The Bertz CT molecular complexity index is 322. The van der Waals surface area contributed by atoms with Crippen molar-refractivity contribution in [1.29, 1.82) is 0 Å². The van der Waals surface area contributed by atoms with Crippen molar-refractivity contribution in [3.05, 3.63) is 17.8 Å². The number of nitrogens with one attached hydrogen (secondary N) is 1. The predicted molar refractivity (Wildman–Crippen MR) is 51.0 cm³/mol. The van der Waals surface area contributed by atoms with Gasteiger partial charge in [0, 0.05) is 11.1 Å². The number of alkyl halides is 3. The Kier molecular flexibility index (Phi) is 3.02. The van der Waals surface area contributed by atoms with Crippen molar-refractivity contribution in [2.75, 3.05) is 6.61 Å². The molecule has 0 aliphatic heterocycles. The minimum atomic E-state index is -4.30. The van der Waals surface area contributed by atoms with Crippen LogP contribution in [0.5, 0.6) is 5.88 Å². The van der Waals surface area contributed by atoms with Crippen LogP contribution in [0.15, 0.2) is 12.1 Å². The van der Waals surface area contributed by atoms with Gasteiger partial charge in [-0.15, -0.1) is 0 Å². The van der Waals surface area contributed by atoms with Crippen LogP contribution in [0.25, 0.3) is 0 Å². The first kappa shape index (κ1) is 11.9. The molecule has 0 unspecified atom stereocenters. The molecule has 0 amide bonds. The molecule has 2 nitrogen and oxygen atoms in total. The fourth-order valence-corrected chi connectivity index (χ4v) is 1.06. The van der Waals surface area contributed by atoms with E-state index in [0.717, 1.165) is 5.69 Å². The standard InChI is InChI=1S/C10H14F3NO/c1-9(2,3)7-4-5-8(14-7)15-6-10(11,12)13/h4-5,14H,6H2,1-3H3. The lowest BCUT2D eigenvalue weighted by atomic mass is 9.93.